The Hall–Kier alpha value is -2.43. The summed E-state index contributed by atoms with van der Waals surface area (Å²) in [5.74, 6) is 1.01. The average Bonchev–Trinajstić information content (AvgIpc) is 2.74. The highest BCUT2D eigenvalue weighted by Crippen LogP contribution is 2.55. The van der Waals surface area contributed by atoms with Crippen molar-refractivity contribution in [3.63, 3.8) is 0 Å². The maximum atomic E-state index is 13.0. The van der Waals surface area contributed by atoms with Crippen LogP contribution >= 0.6 is 0 Å². The van der Waals surface area contributed by atoms with Gasteiger partial charge in [-0.3, -0.25) is 9.78 Å². The summed E-state index contributed by atoms with van der Waals surface area (Å²) in [4.78, 5) is 27.1. The molecule has 1 spiro atoms. The van der Waals surface area contributed by atoms with Gasteiger partial charge in [-0.15, -0.1) is 0 Å². The van der Waals surface area contributed by atoms with Gasteiger partial charge >= 0.3 is 5.69 Å². The molecule has 5 rings (SSSR count). The molecule has 2 aromatic rings. The van der Waals surface area contributed by atoms with Gasteiger partial charge in [-0.2, -0.15) is 4.31 Å². The van der Waals surface area contributed by atoms with Crippen LogP contribution in [0, 0.1) is 11.3 Å². The van der Waals surface area contributed by atoms with Crippen molar-refractivity contribution in [3.05, 3.63) is 56.9 Å². The largest absolute Gasteiger partial charge is 0.487 e. The fourth-order valence-corrected chi connectivity index (χ4v) is 6.81. The molecule has 2 atom stereocenters. The summed E-state index contributed by atoms with van der Waals surface area (Å²) >= 11 is 0. The Morgan fingerprint density at radius 2 is 1.84 bits per heavy atom. The molecule has 1 aromatic heterocycles. The summed E-state index contributed by atoms with van der Waals surface area (Å²) in [6.45, 7) is 5.32. The van der Waals surface area contributed by atoms with E-state index in [1.165, 1.54) is 4.31 Å². The maximum absolute atomic E-state index is 13.0. The monoisotopic (exact) mass is 461 g/mol. The van der Waals surface area contributed by atoms with Crippen molar-refractivity contribution in [1.29, 1.82) is 0 Å². The van der Waals surface area contributed by atoms with Crippen LogP contribution in [0.4, 0.5) is 0 Å². The highest BCUT2D eigenvalue weighted by Gasteiger charge is 2.53. The molecule has 4 heterocycles. The Labute approximate surface area is 185 Å². The number of aromatic nitrogens is 2. The third-order valence-corrected chi connectivity index (χ3v) is 9.17. The van der Waals surface area contributed by atoms with Crippen molar-refractivity contribution in [1.82, 2.24) is 14.3 Å². The Morgan fingerprint density at radius 3 is 2.56 bits per heavy atom. The molecule has 2 saturated heterocycles. The number of nitrogens with zero attached hydrogens (tertiary/aromatic N) is 1. The molecule has 0 bridgehead atoms. The van der Waals surface area contributed by atoms with Crippen LogP contribution in [-0.4, -0.2) is 48.0 Å². The second kappa shape index (κ2) is 7.29. The number of aromatic amines is 2. The molecule has 0 unspecified atom stereocenters. The molecule has 0 radical (unpaired) electrons. The highest BCUT2D eigenvalue weighted by atomic mass is 32.2. The van der Waals surface area contributed by atoms with Crippen molar-refractivity contribution >= 4 is 10.0 Å². The molecule has 2 N–H and O–H groups in total. The minimum absolute atomic E-state index is 0.0398. The van der Waals surface area contributed by atoms with E-state index in [4.69, 9.17) is 9.47 Å². The topological polar surface area (TPSA) is 122 Å². The van der Waals surface area contributed by atoms with E-state index in [1.807, 2.05) is 23.2 Å². The van der Waals surface area contributed by atoms with Crippen LogP contribution in [0.5, 0.6) is 5.75 Å². The summed E-state index contributed by atoms with van der Waals surface area (Å²) in [5, 5.41) is 0. The number of nitrogens with one attached hydrogen (secondary N) is 2. The van der Waals surface area contributed by atoms with Crippen molar-refractivity contribution in [2.75, 3.05) is 19.7 Å². The normalized spacial score (nSPS) is 26.7. The van der Waals surface area contributed by atoms with Gasteiger partial charge in [-0.05, 0) is 44.6 Å². The molecule has 32 heavy (non-hydrogen) atoms. The Morgan fingerprint density at radius 1 is 1.12 bits per heavy atom. The first-order valence-corrected chi connectivity index (χ1v) is 12.3. The molecule has 172 valence electrons. The minimum Gasteiger partial charge on any atom is -0.487 e. The lowest BCUT2D eigenvalue weighted by molar-refractivity contribution is -0.172. The van der Waals surface area contributed by atoms with E-state index in [0.717, 1.165) is 23.9 Å². The third-order valence-electron chi connectivity index (χ3n) is 7.27. The van der Waals surface area contributed by atoms with Crippen LogP contribution in [0.3, 0.4) is 0 Å². The zero-order valence-corrected chi connectivity index (χ0v) is 18.9. The lowest BCUT2D eigenvalue weighted by atomic mass is 9.64. The van der Waals surface area contributed by atoms with Crippen molar-refractivity contribution in [2.45, 2.75) is 49.7 Å². The predicted molar refractivity (Wildman–Crippen MR) is 116 cm³/mol. The fourth-order valence-electron chi connectivity index (χ4n) is 5.38. The quantitative estimate of drug-likeness (QED) is 0.703. The summed E-state index contributed by atoms with van der Waals surface area (Å²) in [6.07, 6.45) is 3.07. The zero-order chi connectivity index (χ0) is 22.7. The molecule has 0 amide bonds. The average molecular weight is 462 g/mol. The number of rotatable bonds is 2. The summed E-state index contributed by atoms with van der Waals surface area (Å²) in [5.41, 5.74) is -1.11. The first-order valence-electron chi connectivity index (χ1n) is 10.8. The zero-order valence-electron chi connectivity index (χ0n) is 18.1. The lowest BCUT2D eigenvalue weighted by Gasteiger charge is -2.54. The number of ether oxygens (including phenoxy) is 2. The molecule has 3 aliphatic heterocycles. The van der Waals surface area contributed by atoms with Gasteiger partial charge in [-0.1, -0.05) is 18.2 Å². The molecule has 3 aliphatic rings. The van der Waals surface area contributed by atoms with Gasteiger partial charge in [0.15, 0.2) is 4.90 Å². The van der Waals surface area contributed by atoms with Crippen LogP contribution in [-0.2, 0) is 14.8 Å². The van der Waals surface area contributed by atoms with Crippen molar-refractivity contribution < 1.29 is 17.9 Å². The fraction of sp³-hybridized carbons (Fsp3) is 0.545. The number of hydrogen-bond acceptors (Lipinski definition) is 6. The van der Waals surface area contributed by atoms with E-state index in [2.05, 4.69) is 24.9 Å². The first-order chi connectivity index (χ1) is 15.1. The minimum atomic E-state index is -4.00. The molecule has 1 aromatic carbocycles. The van der Waals surface area contributed by atoms with Gasteiger partial charge in [-0.25, -0.2) is 13.2 Å². The molecule has 10 heteroatoms. The molecule has 2 fully saturated rings. The number of sulfonamides is 1. The number of piperidine rings is 1. The Kier molecular flexibility index (Phi) is 4.88. The van der Waals surface area contributed by atoms with Crippen LogP contribution in [0.25, 0.3) is 0 Å². The number of fused-ring (bicyclic) bond motifs is 3. The number of para-hydroxylation sites is 1. The van der Waals surface area contributed by atoms with E-state index in [0.29, 0.717) is 32.5 Å². The van der Waals surface area contributed by atoms with Crippen molar-refractivity contribution in [2.24, 2.45) is 11.3 Å². The summed E-state index contributed by atoms with van der Waals surface area (Å²) in [6, 6.07) is 7.98. The molecular formula is C22H27N3O6S. The van der Waals surface area contributed by atoms with Crippen LogP contribution < -0.4 is 16.0 Å². The number of hydrogen-bond donors (Lipinski definition) is 2. The standard InChI is InChI=1S/C22H27N3O6S/c1-21(2)15-11-22(13-30-18(15)14-5-3-4-6-16(14)31-21)7-9-25(10-8-22)32(28,29)17-12-23-20(27)24-19(17)26/h3-6,12,15,18H,7-11,13H2,1-2H3,(H2,23,24,26,27)/t15-,18+/m0/s1. The highest BCUT2D eigenvalue weighted by molar-refractivity contribution is 7.89. The third kappa shape index (κ3) is 3.41. The molecule has 9 nitrogen and oxygen atoms in total. The second-order valence-corrected chi connectivity index (χ2v) is 11.5. The van der Waals surface area contributed by atoms with E-state index in [1.54, 1.807) is 0 Å². The van der Waals surface area contributed by atoms with E-state index in [-0.39, 0.29) is 17.4 Å². The molecule has 0 saturated carbocycles. The van der Waals surface area contributed by atoms with Gasteiger partial charge in [0.05, 0.1) is 12.7 Å². The molecule has 0 aliphatic carbocycles. The van der Waals surface area contributed by atoms with Crippen molar-refractivity contribution in [3.8, 4) is 5.75 Å². The van der Waals surface area contributed by atoms with E-state index in [9.17, 15) is 18.0 Å². The summed E-state index contributed by atoms with van der Waals surface area (Å²) in [7, 11) is -4.00. The molecular weight excluding hydrogens is 434 g/mol. The first kappa shape index (κ1) is 21.4. The Balaban J connectivity index is 1.35. The van der Waals surface area contributed by atoms with Gasteiger partial charge < -0.3 is 14.5 Å². The van der Waals surface area contributed by atoms with Gasteiger partial charge in [0.1, 0.15) is 11.4 Å². The number of benzene rings is 1. The lowest BCUT2D eigenvalue weighted by Crippen LogP contribution is -2.54. The smallest absolute Gasteiger partial charge is 0.325 e. The number of H-pyrrole nitrogens is 2. The summed E-state index contributed by atoms with van der Waals surface area (Å²) < 4.78 is 40.1. The van der Waals surface area contributed by atoms with Crippen LogP contribution in [0.15, 0.2) is 44.9 Å². The van der Waals surface area contributed by atoms with Gasteiger partial charge in [0, 0.05) is 30.8 Å². The van der Waals surface area contributed by atoms with E-state index >= 15 is 0 Å². The van der Waals surface area contributed by atoms with E-state index < -0.39 is 31.8 Å². The van der Waals surface area contributed by atoms with Gasteiger partial charge in [0.25, 0.3) is 5.56 Å². The van der Waals surface area contributed by atoms with Gasteiger partial charge in [0.2, 0.25) is 10.0 Å². The Bertz CT molecular complexity index is 1260. The maximum Gasteiger partial charge on any atom is 0.325 e. The second-order valence-electron chi connectivity index (χ2n) is 9.63. The van der Waals surface area contributed by atoms with Crippen LogP contribution in [0.1, 0.15) is 44.8 Å². The SMILES string of the molecule is CC1(C)Oc2ccccc2[C@H]2OCC3(CCN(S(=O)(=O)c4c[nH]c(=O)[nH]c4=O)CC3)C[C@@H]21. The predicted octanol–water partition coefficient (Wildman–Crippen LogP) is 1.78. The van der Waals surface area contributed by atoms with Crippen LogP contribution in [0.2, 0.25) is 0 Å².